The molecule has 2 rings (SSSR count). The van der Waals surface area contributed by atoms with Crippen molar-refractivity contribution in [2.45, 2.75) is 0 Å². The first kappa shape index (κ1) is 17.2. The Labute approximate surface area is 137 Å². The van der Waals surface area contributed by atoms with Crippen LogP contribution >= 0.6 is 0 Å². The zero-order valence-corrected chi connectivity index (χ0v) is 14.1. The van der Waals surface area contributed by atoms with Crippen LogP contribution in [0.1, 0.15) is 0 Å². The Bertz CT molecular complexity index is 528. The molecule has 7 nitrogen and oxygen atoms in total. The lowest BCUT2D eigenvalue weighted by atomic mass is 10.2. The number of benzene rings is 1. The van der Waals surface area contributed by atoms with E-state index in [0.29, 0.717) is 19.7 Å². The van der Waals surface area contributed by atoms with Crippen molar-refractivity contribution in [2.75, 3.05) is 65.4 Å². The van der Waals surface area contributed by atoms with Gasteiger partial charge in [0.05, 0.1) is 7.11 Å². The second kappa shape index (κ2) is 7.92. The van der Waals surface area contributed by atoms with Crippen LogP contribution in [0.4, 0.5) is 10.5 Å². The summed E-state index contributed by atoms with van der Waals surface area (Å²) in [6.45, 7) is 4.21. The lowest BCUT2D eigenvalue weighted by Gasteiger charge is -2.35. The lowest BCUT2D eigenvalue weighted by molar-refractivity contribution is 0.204. The molecule has 1 fully saturated rings. The summed E-state index contributed by atoms with van der Waals surface area (Å²) >= 11 is 0. The minimum atomic E-state index is -0.358. The van der Waals surface area contributed by atoms with E-state index in [1.54, 1.807) is 12.0 Å². The zero-order chi connectivity index (χ0) is 16.8. The Kier molecular flexibility index (Phi) is 5.92. The van der Waals surface area contributed by atoms with E-state index >= 15 is 0 Å². The molecule has 1 aromatic rings. The minimum absolute atomic E-state index is 0.358. The molecule has 1 heterocycles. The van der Waals surface area contributed by atoms with Gasteiger partial charge in [-0.05, 0) is 14.1 Å². The third-order valence-electron chi connectivity index (χ3n) is 3.86. The fraction of sp³-hybridized carbons (Fsp3) is 0.562. The molecule has 0 spiro atoms. The monoisotopic (exact) mass is 322 g/mol. The molecule has 7 heteroatoms. The van der Waals surface area contributed by atoms with Gasteiger partial charge >= 0.3 is 6.03 Å². The molecule has 1 aliphatic heterocycles. The van der Waals surface area contributed by atoms with Crippen molar-refractivity contribution in [3.8, 4) is 11.5 Å². The highest BCUT2D eigenvalue weighted by molar-refractivity contribution is 5.72. The predicted octanol–water partition coefficient (Wildman–Crippen LogP) is 0.836. The highest BCUT2D eigenvalue weighted by Crippen LogP contribution is 2.29. The molecule has 1 saturated heterocycles. The third-order valence-corrected chi connectivity index (χ3v) is 3.86. The molecule has 0 atom stereocenters. The first-order chi connectivity index (χ1) is 11.0. The molecule has 2 amide bonds. The average Bonchev–Trinajstić information content (AvgIpc) is 2.54. The van der Waals surface area contributed by atoms with Crippen molar-refractivity contribution >= 4 is 11.7 Å². The highest BCUT2D eigenvalue weighted by Gasteiger charge is 2.20. The number of anilines is 1. The number of urea groups is 1. The van der Waals surface area contributed by atoms with Gasteiger partial charge in [-0.2, -0.15) is 0 Å². The third kappa shape index (κ3) is 4.92. The van der Waals surface area contributed by atoms with Crippen LogP contribution in [0, 0.1) is 0 Å². The molecule has 0 aliphatic carbocycles. The summed E-state index contributed by atoms with van der Waals surface area (Å²) in [6.07, 6.45) is 0. The van der Waals surface area contributed by atoms with E-state index in [0.717, 1.165) is 36.8 Å². The van der Waals surface area contributed by atoms with Gasteiger partial charge in [-0.1, -0.05) is 0 Å². The summed E-state index contributed by atoms with van der Waals surface area (Å²) in [5.41, 5.74) is 6.36. The van der Waals surface area contributed by atoms with Gasteiger partial charge in [0, 0.05) is 56.6 Å². The lowest BCUT2D eigenvalue weighted by Crippen LogP contribution is -2.50. The second-order valence-corrected chi connectivity index (χ2v) is 5.83. The quantitative estimate of drug-likeness (QED) is 0.840. The number of ether oxygens (including phenoxy) is 2. The number of hydrogen-bond acceptors (Lipinski definition) is 5. The van der Waals surface area contributed by atoms with Gasteiger partial charge < -0.3 is 29.9 Å². The van der Waals surface area contributed by atoms with Crippen molar-refractivity contribution in [2.24, 2.45) is 5.73 Å². The van der Waals surface area contributed by atoms with Crippen LogP contribution in [0.2, 0.25) is 0 Å². The van der Waals surface area contributed by atoms with Crippen molar-refractivity contribution in [3.63, 3.8) is 0 Å². The Morgan fingerprint density at radius 1 is 1.17 bits per heavy atom. The maximum Gasteiger partial charge on any atom is 0.314 e. The Hall–Kier alpha value is -2.15. The van der Waals surface area contributed by atoms with Gasteiger partial charge in [0.1, 0.15) is 18.1 Å². The van der Waals surface area contributed by atoms with Gasteiger partial charge in [-0.15, -0.1) is 0 Å². The summed E-state index contributed by atoms with van der Waals surface area (Å²) < 4.78 is 11.2. The van der Waals surface area contributed by atoms with Crippen LogP contribution in [-0.4, -0.2) is 76.4 Å². The second-order valence-electron chi connectivity index (χ2n) is 5.83. The number of primary amides is 1. The van der Waals surface area contributed by atoms with E-state index in [4.69, 9.17) is 15.2 Å². The number of nitrogens with zero attached hydrogens (tertiary/aromatic N) is 3. The normalized spacial score (nSPS) is 15.0. The van der Waals surface area contributed by atoms with Crippen LogP contribution < -0.4 is 20.1 Å². The molecule has 23 heavy (non-hydrogen) atoms. The van der Waals surface area contributed by atoms with Gasteiger partial charge in [-0.25, -0.2) is 4.79 Å². The molecule has 0 saturated carbocycles. The van der Waals surface area contributed by atoms with Crippen molar-refractivity contribution in [3.05, 3.63) is 18.2 Å². The van der Waals surface area contributed by atoms with E-state index in [-0.39, 0.29) is 6.03 Å². The van der Waals surface area contributed by atoms with Gasteiger partial charge in [0.15, 0.2) is 0 Å². The smallest absolute Gasteiger partial charge is 0.314 e. The first-order valence-corrected chi connectivity index (χ1v) is 7.75. The number of methoxy groups -OCH3 is 1. The van der Waals surface area contributed by atoms with Crippen molar-refractivity contribution in [1.29, 1.82) is 0 Å². The number of amides is 2. The summed E-state index contributed by atoms with van der Waals surface area (Å²) in [4.78, 5) is 17.2. The van der Waals surface area contributed by atoms with Crippen molar-refractivity contribution in [1.82, 2.24) is 9.80 Å². The summed E-state index contributed by atoms with van der Waals surface area (Å²) in [7, 11) is 5.67. The van der Waals surface area contributed by atoms with Crippen LogP contribution in [-0.2, 0) is 0 Å². The standard InChI is InChI=1S/C16H26N4O3/c1-18(2)8-9-23-15-11-13(10-14(12-15)22-3)19-4-6-20(7-5-19)16(17)21/h10-12H,4-9H2,1-3H3,(H2,17,21). The average molecular weight is 322 g/mol. The van der Waals surface area contributed by atoms with E-state index in [9.17, 15) is 4.79 Å². The number of likely N-dealkylation sites (N-methyl/N-ethyl adjacent to an activating group) is 1. The number of hydrogen-bond donors (Lipinski definition) is 1. The maximum atomic E-state index is 11.2. The largest absolute Gasteiger partial charge is 0.497 e. The SMILES string of the molecule is COc1cc(OCCN(C)C)cc(N2CCN(C(N)=O)CC2)c1. The van der Waals surface area contributed by atoms with Gasteiger partial charge in [0.25, 0.3) is 0 Å². The van der Waals surface area contributed by atoms with E-state index in [1.807, 2.05) is 32.3 Å². The number of piperazine rings is 1. The van der Waals surface area contributed by atoms with Gasteiger partial charge in [-0.3, -0.25) is 0 Å². The number of nitrogens with two attached hydrogens (primary N) is 1. The van der Waals surface area contributed by atoms with Crippen LogP contribution in [0.15, 0.2) is 18.2 Å². The molecule has 128 valence electrons. The zero-order valence-electron chi connectivity index (χ0n) is 14.1. The fourth-order valence-electron chi connectivity index (χ4n) is 2.47. The fourth-order valence-corrected chi connectivity index (χ4v) is 2.47. The maximum absolute atomic E-state index is 11.2. The predicted molar refractivity (Wildman–Crippen MR) is 90.4 cm³/mol. The number of rotatable bonds is 6. The molecular weight excluding hydrogens is 296 g/mol. The number of carbonyl (C=O) groups is 1. The van der Waals surface area contributed by atoms with Gasteiger partial charge in [0.2, 0.25) is 0 Å². The topological polar surface area (TPSA) is 71.3 Å². The molecule has 0 bridgehead atoms. The highest BCUT2D eigenvalue weighted by atomic mass is 16.5. The number of carbonyl (C=O) groups excluding carboxylic acids is 1. The summed E-state index contributed by atoms with van der Waals surface area (Å²) in [5.74, 6) is 1.55. The van der Waals surface area contributed by atoms with E-state index < -0.39 is 0 Å². The van der Waals surface area contributed by atoms with Crippen LogP contribution in [0.25, 0.3) is 0 Å². The first-order valence-electron chi connectivity index (χ1n) is 7.75. The van der Waals surface area contributed by atoms with E-state index in [1.165, 1.54) is 0 Å². The molecule has 0 unspecified atom stereocenters. The Balaban J connectivity index is 2.04. The molecule has 0 radical (unpaired) electrons. The molecular formula is C16H26N4O3. The summed E-state index contributed by atoms with van der Waals surface area (Å²) in [5, 5.41) is 0. The van der Waals surface area contributed by atoms with E-state index in [2.05, 4.69) is 9.80 Å². The van der Waals surface area contributed by atoms with Crippen LogP contribution in [0.3, 0.4) is 0 Å². The molecule has 1 aromatic carbocycles. The van der Waals surface area contributed by atoms with Crippen LogP contribution in [0.5, 0.6) is 11.5 Å². The molecule has 0 aromatic heterocycles. The molecule has 2 N–H and O–H groups in total. The van der Waals surface area contributed by atoms with Crippen molar-refractivity contribution < 1.29 is 14.3 Å². The summed E-state index contributed by atoms with van der Waals surface area (Å²) in [6, 6.07) is 5.53. The minimum Gasteiger partial charge on any atom is -0.497 e. The Morgan fingerprint density at radius 3 is 2.39 bits per heavy atom. The molecule has 1 aliphatic rings. The Morgan fingerprint density at radius 2 is 1.83 bits per heavy atom.